The van der Waals surface area contributed by atoms with Crippen LogP contribution in [0.2, 0.25) is 5.15 Å². The molecule has 0 unspecified atom stereocenters. The Kier molecular flexibility index (Phi) is 2.80. The second-order valence-electron chi connectivity index (χ2n) is 3.07. The van der Waals surface area contributed by atoms with E-state index in [0.29, 0.717) is 11.1 Å². The predicted molar refractivity (Wildman–Crippen MR) is 57.2 cm³/mol. The van der Waals surface area contributed by atoms with Gasteiger partial charge < -0.3 is 0 Å². The van der Waals surface area contributed by atoms with Crippen LogP contribution in [0.3, 0.4) is 0 Å². The lowest BCUT2D eigenvalue weighted by atomic mass is 10.1. The molecular formula is C11H5ClFN3. The molecule has 0 aliphatic carbocycles. The third-order valence-electron chi connectivity index (χ3n) is 2.00. The van der Waals surface area contributed by atoms with Gasteiger partial charge in [-0.1, -0.05) is 11.6 Å². The van der Waals surface area contributed by atoms with Gasteiger partial charge in [0, 0.05) is 11.8 Å². The van der Waals surface area contributed by atoms with Crippen LogP contribution < -0.4 is 0 Å². The van der Waals surface area contributed by atoms with Gasteiger partial charge in [0.1, 0.15) is 17.3 Å². The van der Waals surface area contributed by atoms with Crippen molar-refractivity contribution in [1.29, 1.82) is 5.26 Å². The highest BCUT2D eigenvalue weighted by molar-refractivity contribution is 6.32. The van der Waals surface area contributed by atoms with Gasteiger partial charge in [0.15, 0.2) is 0 Å². The summed E-state index contributed by atoms with van der Waals surface area (Å²) in [5, 5.41) is 8.95. The van der Waals surface area contributed by atoms with Crippen LogP contribution in [0.5, 0.6) is 0 Å². The van der Waals surface area contributed by atoms with Crippen molar-refractivity contribution in [2.24, 2.45) is 0 Å². The Balaban J connectivity index is 2.61. The predicted octanol–water partition coefficient (Wildman–Crippen LogP) is 2.81. The van der Waals surface area contributed by atoms with Gasteiger partial charge in [-0.05, 0) is 23.8 Å². The second kappa shape index (κ2) is 4.25. The van der Waals surface area contributed by atoms with Crippen molar-refractivity contribution < 1.29 is 4.39 Å². The van der Waals surface area contributed by atoms with Crippen molar-refractivity contribution >= 4 is 11.6 Å². The van der Waals surface area contributed by atoms with E-state index in [9.17, 15) is 4.39 Å². The van der Waals surface area contributed by atoms with E-state index < -0.39 is 5.82 Å². The lowest BCUT2D eigenvalue weighted by Gasteiger charge is -2.03. The summed E-state index contributed by atoms with van der Waals surface area (Å²) in [6, 6.07) is 5.85. The maximum Gasteiger partial charge on any atom is 0.140 e. The van der Waals surface area contributed by atoms with Gasteiger partial charge in [0.2, 0.25) is 0 Å². The third kappa shape index (κ3) is 2.00. The quantitative estimate of drug-likeness (QED) is 0.712. The topological polar surface area (TPSA) is 49.6 Å². The number of aromatic nitrogens is 2. The fraction of sp³-hybridized carbons (Fsp3) is 0. The fourth-order valence-electron chi connectivity index (χ4n) is 1.32. The van der Waals surface area contributed by atoms with Crippen LogP contribution in [-0.4, -0.2) is 9.97 Å². The molecule has 0 aliphatic rings. The highest BCUT2D eigenvalue weighted by Gasteiger charge is 2.07. The van der Waals surface area contributed by atoms with Crippen LogP contribution in [-0.2, 0) is 0 Å². The molecule has 2 aromatic rings. The number of nitriles is 1. The number of halogens is 2. The van der Waals surface area contributed by atoms with E-state index in [1.54, 1.807) is 0 Å². The molecule has 0 fully saturated rings. The molecular weight excluding hydrogens is 229 g/mol. The van der Waals surface area contributed by atoms with Crippen LogP contribution in [0.15, 0.2) is 30.7 Å². The van der Waals surface area contributed by atoms with E-state index in [1.807, 2.05) is 6.07 Å². The Morgan fingerprint density at radius 3 is 2.81 bits per heavy atom. The average Bonchev–Trinajstić information content (AvgIpc) is 2.28. The minimum atomic E-state index is -0.492. The van der Waals surface area contributed by atoms with Gasteiger partial charge >= 0.3 is 0 Å². The summed E-state index contributed by atoms with van der Waals surface area (Å²) in [4.78, 5) is 7.60. The summed E-state index contributed by atoms with van der Waals surface area (Å²) in [6.45, 7) is 0. The first-order chi connectivity index (χ1) is 7.70. The van der Waals surface area contributed by atoms with E-state index in [-0.39, 0.29) is 10.7 Å². The SMILES string of the molecule is N#Cc1cc(F)cc(-c2cncnc2Cl)c1. The molecule has 78 valence electrons. The summed E-state index contributed by atoms with van der Waals surface area (Å²) in [7, 11) is 0. The number of rotatable bonds is 1. The van der Waals surface area contributed by atoms with Crippen molar-refractivity contribution in [1.82, 2.24) is 9.97 Å². The normalized spacial score (nSPS) is 9.81. The number of hydrogen-bond donors (Lipinski definition) is 0. The smallest absolute Gasteiger partial charge is 0.140 e. The molecule has 0 saturated heterocycles. The molecule has 0 aliphatic heterocycles. The molecule has 0 amide bonds. The lowest BCUT2D eigenvalue weighted by molar-refractivity contribution is 0.628. The Morgan fingerprint density at radius 1 is 1.31 bits per heavy atom. The van der Waals surface area contributed by atoms with Crippen molar-refractivity contribution in [2.75, 3.05) is 0 Å². The Labute approximate surface area is 96.2 Å². The number of nitrogens with zero attached hydrogens (tertiary/aromatic N) is 3. The lowest BCUT2D eigenvalue weighted by Crippen LogP contribution is -1.88. The van der Waals surface area contributed by atoms with Gasteiger partial charge in [-0.2, -0.15) is 5.26 Å². The minimum Gasteiger partial charge on any atom is -0.244 e. The van der Waals surface area contributed by atoms with Gasteiger partial charge in [-0.15, -0.1) is 0 Å². The van der Waals surface area contributed by atoms with Gasteiger partial charge in [-0.25, -0.2) is 14.4 Å². The molecule has 0 N–H and O–H groups in total. The maximum absolute atomic E-state index is 13.2. The van der Waals surface area contributed by atoms with Gasteiger partial charge in [0.25, 0.3) is 0 Å². The van der Waals surface area contributed by atoms with E-state index in [4.69, 9.17) is 16.9 Å². The van der Waals surface area contributed by atoms with Crippen molar-refractivity contribution in [3.05, 3.63) is 47.3 Å². The van der Waals surface area contributed by atoms with Crippen molar-refractivity contribution in [3.63, 3.8) is 0 Å². The Morgan fingerprint density at radius 2 is 2.12 bits per heavy atom. The average molecular weight is 234 g/mol. The molecule has 1 aromatic carbocycles. The standard InChI is InChI=1S/C11H5ClFN3/c12-11-10(5-15-6-16-11)8-1-7(4-14)2-9(13)3-8/h1-3,5-6H. The summed E-state index contributed by atoms with van der Waals surface area (Å²) in [6.07, 6.45) is 2.78. The molecule has 16 heavy (non-hydrogen) atoms. The summed E-state index contributed by atoms with van der Waals surface area (Å²) < 4.78 is 13.2. The number of benzene rings is 1. The van der Waals surface area contributed by atoms with Gasteiger partial charge in [-0.3, -0.25) is 0 Å². The van der Waals surface area contributed by atoms with Crippen molar-refractivity contribution in [3.8, 4) is 17.2 Å². The first-order valence-corrected chi connectivity index (χ1v) is 4.75. The maximum atomic E-state index is 13.2. The zero-order valence-corrected chi connectivity index (χ0v) is 8.74. The summed E-state index contributed by atoms with van der Waals surface area (Å²) in [5.41, 5.74) is 1.22. The minimum absolute atomic E-state index is 0.226. The van der Waals surface area contributed by atoms with Crippen LogP contribution in [0.4, 0.5) is 4.39 Å². The third-order valence-corrected chi connectivity index (χ3v) is 2.30. The number of hydrogen-bond acceptors (Lipinski definition) is 3. The summed E-state index contributed by atoms with van der Waals surface area (Å²) in [5.74, 6) is -0.492. The zero-order chi connectivity index (χ0) is 11.5. The van der Waals surface area contributed by atoms with E-state index in [1.165, 1.54) is 24.7 Å². The highest BCUT2D eigenvalue weighted by Crippen LogP contribution is 2.26. The van der Waals surface area contributed by atoms with E-state index in [0.717, 1.165) is 6.07 Å². The fourth-order valence-corrected chi connectivity index (χ4v) is 1.52. The molecule has 1 aromatic heterocycles. The molecule has 2 rings (SSSR count). The summed E-state index contributed by atoms with van der Waals surface area (Å²) >= 11 is 5.85. The molecule has 0 atom stereocenters. The monoisotopic (exact) mass is 233 g/mol. The highest BCUT2D eigenvalue weighted by atomic mass is 35.5. The molecule has 0 bridgehead atoms. The molecule has 0 saturated carbocycles. The van der Waals surface area contributed by atoms with Crippen LogP contribution >= 0.6 is 11.6 Å². The van der Waals surface area contributed by atoms with Crippen molar-refractivity contribution in [2.45, 2.75) is 0 Å². The van der Waals surface area contributed by atoms with E-state index >= 15 is 0 Å². The molecule has 1 heterocycles. The van der Waals surface area contributed by atoms with E-state index in [2.05, 4.69) is 9.97 Å². The Hall–Kier alpha value is -1.99. The Bertz CT molecular complexity index is 578. The largest absolute Gasteiger partial charge is 0.244 e. The van der Waals surface area contributed by atoms with Gasteiger partial charge in [0.05, 0.1) is 11.6 Å². The molecule has 3 nitrogen and oxygen atoms in total. The molecule has 0 radical (unpaired) electrons. The second-order valence-corrected chi connectivity index (χ2v) is 3.43. The van der Waals surface area contributed by atoms with Crippen LogP contribution in [0, 0.1) is 17.1 Å². The van der Waals surface area contributed by atoms with Crippen LogP contribution in [0.25, 0.3) is 11.1 Å². The molecule has 5 heteroatoms. The zero-order valence-electron chi connectivity index (χ0n) is 7.98. The van der Waals surface area contributed by atoms with Crippen LogP contribution in [0.1, 0.15) is 5.56 Å². The molecule has 0 spiro atoms. The first kappa shape index (κ1) is 10.5. The first-order valence-electron chi connectivity index (χ1n) is 4.37.